The van der Waals surface area contributed by atoms with Gasteiger partial charge in [0.15, 0.2) is 0 Å². The fourth-order valence-electron chi connectivity index (χ4n) is 4.54. The summed E-state index contributed by atoms with van der Waals surface area (Å²) in [6.45, 7) is 4.39. The Hall–Kier alpha value is -3.19. The molecule has 1 aliphatic heterocycles. The lowest BCUT2D eigenvalue weighted by molar-refractivity contribution is 0.0723. The van der Waals surface area contributed by atoms with E-state index in [1.165, 1.54) is 18.6 Å². The first-order chi connectivity index (χ1) is 16.6. The largest absolute Gasteiger partial charge is 0.385 e. The van der Waals surface area contributed by atoms with Gasteiger partial charge >= 0.3 is 0 Å². The predicted molar refractivity (Wildman–Crippen MR) is 130 cm³/mol. The zero-order chi connectivity index (χ0) is 23.9. The van der Waals surface area contributed by atoms with Gasteiger partial charge in [0.25, 0.3) is 5.91 Å². The van der Waals surface area contributed by atoms with Crippen LogP contribution in [0.3, 0.4) is 0 Å². The van der Waals surface area contributed by atoms with Gasteiger partial charge in [-0.25, -0.2) is 4.39 Å². The second-order valence-corrected chi connectivity index (χ2v) is 8.80. The first kappa shape index (κ1) is 24.0. The van der Waals surface area contributed by atoms with Gasteiger partial charge in [-0.3, -0.25) is 4.79 Å². The molecule has 1 aromatic heterocycles. The van der Waals surface area contributed by atoms with E-state index in [0.29, 0.717) is 37.7 Å². The van der Waals surface area contributed by atoms with Crippen molar-refractivity contribution < 1.29 is 18.4 Å². The normalized spacial score (nSPS) is 16.0. The summed E-state index contributed by atoms with van der Waals surface area (Å²) in [6, 6.07) is 16.0. The van der Waals surface area contributed by atoms with Crippen molar-refractivity contribution in [3.63, 3.8) is 0 Å². The molecule has 0 radical (unpaired) electrons. The van der Waals surface area contributed by atoms with Crippen LogP contribution in [-0.4, -0.2) is 48.8 Å². The molecule has 2 aromatic carbocycles. The van der Waals surface area contributed by atoms with Crippen molar-refractivity contribution in [3.8, 4) is 11.3 Å². The molecule has 34 heavy (non-hydrogen) atoms. The highest BCUT2D eigenvalue weighted by Gasteiger charge is 2.30. The first-order valence-electron chi connectivity index (χ1n) is 11.9. The number of hydrogen-bond donors (Lipinski definition) is 0. The van der Waals surface area contributed by atoms with E-state index in [9.17, 15) is 9.18 Å². The van der Waals surface area contributed by atoms with E-state index in [4.69, 9.17) is 9.26 Å². The molecule has 3 aromatic rings. The van der Waals surface area contributed by atoms with Crippen molar-refractivity contribution in [1.82, 2.24) is 10.1 Å². The Labute approximate surface area is 200 Å². The van der Waals surface area contributed by atoms with Crippen LogP contribution < -0.4 is 4.90 Å². The second-order valence-electron chi connectivity index (χ2n) is 8.80. The molecule has 1 aliphatic rings. The molecule has 1 unspecified atom stereocenters. The van der Waals surface area contributed by atoms with Gasteiger partial charge in [0.1, 0.15) is 11.5 Å². The van der Waals surface area contributed by atoms with Crippen LogP contribution in [0.15, 0.2) is 59.1 Å². The zero-order valence-electron chi connectivity index (χ0n) is 19.9. The summed E-state index contributed by atoms with van der Waals surface area (Å²) >= 11 is 0. The minimum absolute atomic E-state index is 0.228. The van der Waals surface area contributed by atoms with Crippen molar-refractivity contribution in [1.29, 1.82) is 0 Å². The van der Waals surface area contributed by atoms with E-state index >= 15 is 0 Å². The molecule has 7 heteroatoms. The van der Waals surface area contributed by atoms with Gasteiger partial charge in [-0.1, -0.05) is 41.6 Å². The number of aromatic nitrogens is 1. The SMILES string of the molecule is COCCCN(Cc1c(-c2ccccc2)noc1N1CCCCC1C)C(=O)c1cccc(F)c1. The highest BCUT2D eigenvalue weighted by molar-refractivity contribution is 5.94. The average Bonchev–Trinajstić information content (AvgIpc) is 3.27. The highest BCUT2D eigenvalue weighted by Crippen LogP contribution is 2.35. The van der Waals surface area contributed by atoms with Crippen molar-refractivity contribution in [2.24, 2.45) is 0 Å². The predicted octanol–water partition coefficient (Wildman–Crippen LogP) is 5.54. The maximum atomic E-state index is 13.9. The van der Waals surface area contributed by atoms with Crippen LogP contribution >= 0.6 is 0 Å². The van der Waals surface area contributed by atoms with Crippen molar-refractivity contribution in [2.45, 2.75) is 45.2 Å². The van der Waals surface area contributed by atoms with Gasteiger partial charge in [0, 0.05) is 44.0 Å². The number of halogens is 1. The number of piperidine rings is 1. The smallest absolute Gasteiger partial charge is 0.254 e. The summed E-state index contributed by atoms with van der Waals surface area (Å²) in [5.74, 6) is 0.0590. The fraction of sp³-hybridized carbons (Fsp3) is 0.407. The zero-order valence-corrected chi connectivity index (χ0v) is 19.9. The van der Waals surface area contributed by atoms with Gasteiger partial charge in [-0.15, -0.1) is 0 Å². The molecular weight excluding hydrogens is 433 g/mol. The number of nitrogens with zero attached hydrogens (tertiary/aromatic N) is 3. The standard InChI is InChI=1S/C27H32FN3O3/c1-20-10-6-7-16-31(20)27-24(25(29-34-27)21-11-4-3-5-12-21)19-30(15-9-17-33-2)26(32)22-13-8-14-23(28)18-22/h3-5,8,11-14,18,20H,6-7,9-10,15-17,19H2,1-2H3. The Morgan fingerprint density at radius 2 is 2.03 bits per heavy atom. The minimum atomic E-state index is -0.430. The number of benzene rings is 2. The van der Waals surface area contributed by atoms with Crippen molar-refractivity contribution >= 4 is 11.8 Å². The van der Waals surface area contributed by atoms with Crippen molar-refractivity contribution in [2.75, 3.05) is 31.7 Å². The summed E-state index contributed by atoms with van der Waals surface area (Å²) in [5.41, 5.74) is 2.87. The van der Waals surface area contributed by atoms with Gasteiger partial charge < -0.3 is 19.1 Å². The molecule has 180 valence electrons. The Bertz CT molecular complexity index is 1090. The van der Waals surface area contributed by atoms with Crippen LogP contribution in [0.2, 0.25) is 0 Å². The molecule has 1 atom stereocenters. The molecule has 0 aliphatic carbocycles. The van der Waals surface area contributed by atoms with Gasteiger partial charge in [-0.2, -0.15) is 0 Å². The molecule has 0 bridgehead atoms. The molecule has 1 amide bonds. The molecule has 1 saturated heterocycles. The summed E-state index contributed by atoms with van der Waals surface area (Å²) < 4.78 is 25.1. The monoisotopic (exact) mass is 465 g/mol. The Kier molecular flexibility index (Phi) is 7.95. The molecule has 0 saturated carbocycles. The van der Waals surface area contributed by atoms with Crippen LogP contribution in [0.25, 0.3) is 11.3 Å². The number of anilines is 1. The Morgan fingerprint density at radius 1 is 1.21 bits per heavy atom. The molecule has 4 rings (SSSR count). The number of ether oxygens (including phenoxy) is 1. The second kappa shape index (κ2) is 11.3. The van der Waals surface area contributed by atoms with Crippen LogP contribution in [0.5, 0.6) is 0 Å². The maximum Gasteiger partial charge on any atom is 0.254 e. The van der Waals surface area contributed by atoms with Gasteiger partial charge in [0.2, 0.25) is 5.88 Å². The van der Waals surface area contributed by atoms with E-state index in [-0.39, 0.29) is 5.91 Å². The van der Waals surface area contributed by atoms with Crippen LogP contribution in [-0.2, 0) is 11.3 Å². The number of methoxy groups -OCH3 is 1. The third kappa shape index (κ3) is 5.47. The van der Waals surface area contributed by atoms with E-state index in [1.54, 1.807) is 24.1 Å². The van der Waals surface area contributed by atoms with Gasteiger partial charge in [-0.05, 0) is 50.8 Å². The van der Waals surface area contributed by atoms with E-state index < -0.39 is 5.82 Å². The van der Waals surface area contributed by atoms with E-state index in [2.05, 4.69) is 17.0 Å². The van der Waals surface area contributed by atoms with Crippen LogP contribution in [0.1, 0.15) is 48.5 Å². The summed E-state index contributed by atoms with van der Waals surface area (Å²) in [5, 5.41) is 4.45. The topological polar surface area (TPSA) is 58.8 Å². The minimum Gasteiger partial charge on any atom is -0.385 e. The maximum absolute atomic E-state index is 13.9. The summed E-state index contributed by atoms with van der Waals surface area (Å²) in [6.07, 6.45) is 4.03. The number of rotatable bonds is 9. The Balaban J connectivity index is 1.72. The van der Waals surface area contributed by atoms with E-state index in [1.807, 2.05) is 30.3 Å². The van der Waals surface area contributed by atoms with Crippen molar-refractivity contribution in [3.05, 3.63) is 71.5 Å². The lowest BCUT2D eigenvalue weighted by Crippen LogP contribution is -2.38. The third-order valence-electron chi connectivity index (χ3n) is 6.36. The summed E-state index contributed by atoms with van der Waals surface area (Å²) in [4.78, 5) is 17.5. The highest BCUT2D eigenvalue weighted by atomic mass is 19.1. The van der Waals surface area contributed by atoms with Crippen LogP contribution in [0, 0.1) is 5.82 Å². The summed E-state index contributed by atoms with van der Waals surface area (Å²) in [7, 11) is 1.64. The molecular formula is C27H32FN3O3. The lowest BCUT2D eigenvalue weighted by atomic mass is 10.0. The molecule has 0 spiro atoms. The van der Waals surface area contributed by atoms with E-state index in [0.717, 1.165) is 42.1 Å². The molecule has 0 N–H and O–H groups in total. The molecule has 2 heterocycles. The van der Waals surface area contributed by atoms with Crippen LogP contribution in [0.4, 0.5) is 10.3 Å². The first-order valence-corrected chi connectivity index (χ1v) is 11.9. The number of carbonyl (C=O) groups excluding carboxylic acids is 1. The Morgan fingerprint density at radius 3 is 2.76 bits per heavy atom. The average molecular weight is 466 g/mol. The van der Waals surface area contributed by atoms with Gasteiger partial charge in [0.05, 0.1) is 12.1 Å². The quantitative estimate of drug-likeness (QED) is 0.389. The third-order valence-corrected chi connectivity index (χ3v) is 6.36. The molecule has 6 nitrogen and oxygen atoms in total. The number of hydrogen-bond acceptors (Lipinski definition) is 5. The number of amides is 1. The molecule has 1 fully saturated rings. The number of carbonyl (C=O) groups is 1. The lowest BCUT2D eigenvalue weighted by Gasteiger charge is -2.34. The fourth-order valence-corrected chi connectivity index (χ4v) is 4.54.